The second-order valence-corrected chi connectivity index (χ2v) is 4.79. The Balaban J connectivity index is 0.000000250. The van der Waals surface area contributed by atoms with E-state index in [4.69, 9.17) is 9.47 Å². The van der Waals surface area contributed by atoms with E-state index in [1.807, 2.05) is 50.2 Å². The van der Waals surface area contributed by atoms with Crippen molar-refractivity contribution in [2.24, 2.45) is 0 Å². The van der Waals surface area contributed by atoms with Gasteiger partial charge in [0.15, 0.2) is 0 Å². The lowest BCUT2D eigenvalue weighted by atomic mass is 10.0. The van der Waals surface area contributed by atoms with Gasteiger partial charge in [0.05, 0.1) is 18.8 Å². The highest BCUT2D eigenvalue weighted by atomic mass is 16.5. The van der Waals surface area contributed by atoms with Crippen LogP contribution in [0.5, 0.6) is 0 Å². The van der Waals surface area contributed by atoms with Crippen molar-refractivity contribution in [3.05, 3.63) is 36.4 Å². The Morgan fingerprint density at radius 3 is 2.11 bits per heavy atom. The molecule has 4 nitrogen and oxygen atoms in total. The second kappa shape index (κ2) is 9.04. The van der Waals surface area contributed by atoms with Crippen molar-refractivity contribution in [2.45, 2.75) is 44.7 Å². The summed E-state index contributed by atoms with van der Waals surface area (Å²) in [6, 6.07) is 12.0. The van der Waals surface area contributed by atoms with Gasteiger partial charge in [0.25, 0.3) is 0 Å². The van der Waals surface area contributed by atoms with Gasteiger partial charge >= 0.3 is 0 Å². The summed E-state index contributed by atoms with van der Waals surface area (Å²) in [6.07, 6.45) is -1.25. The van der Waals surface area contributed by atoms with E-state index in [0.717, 1.165) is 0 Å². The van der Waals surface area contributed by atoms with E-state index in [2.05, 4.69) is 0 Å². The number of hydrogen-bond donors (Lipinski definition) is 2. The number of aliphatic hydroxyl groups excluding tert-OH is 2. The molecule has 1 aromatic carbocycles. The first-order chi connectivity index (χ1) is 9.11. The molecule has 1 fully saturated rings. The van der Waals surface area contributed by atoms with Crippen LogP contribution in [-0.4, -0.2) is 47.8 Å². The van der Waals surface area contributed by atoms with E-state index in [-0.39, 0.29) is 12.2 Å². The van der Waals surface area contributed by atoms with Crippen LogP contribution in [0.1, 0.15) is 20.3 Å². The quantitative estimate of drug-likeness (QED) is 0.874. The van der Waals surface area contributed by atoms with Crippen molar-refractivity contribution in [3.8, 4) is 0 Å². The molecule has 0 aromatic heterocycles. The predicted molar refractivity (Wildman–Crippen MR) is 73.9 cm³/mol. The molecule has 0 amide bonds. The third-order valence-corrected chi connectivity index (χ3v) is 2.78. The third kappa shape index (κ3) is 6.68. The molecule has 2 rings (SSSR count). The van der Waals surface area contributed by atoms with Crippen molar-refractivity contribution in [1.82, 2.24) is 0 Å². The molecule has 3 unspecified atom stereocenters. The Hall–Kier alpha value is -0.940. The highest BCUT2D eigenvalue weighted by Gasteiger charge is 2.31. The lowest BCUT2D eigenvalue weighted by molar-refractivity contribution is -0.159. The van der Waals surface area contributed by atoms with E-state index in [9.17, 15) is 10.2 Å². The molecule has 0 radical (unpaired) electrons. The summed E-state index contributed by atoms with van der Waals surface area (Å²) in [5.41, 5.74) is 0. The summed E-state index contributed by atoms with van der Waals surface area (Å²) in [7, 11) is 0. The lowest BCUT2D eigenvalue weighted by Crippen LogP contribution is -2.47. The molecule has 1 aromatic rings. The Morgan fingerprint density at radius 2 is 1.63 bits per heavy atom. The molecule has 4 heteroatoms. The van der Waals surface area contributed by atoms with E-state index < -0.39 is 12.2 Å². The van der Waals surface area contributed by atoms with Crippen molar-refractivity contribution in [2.75, 3.05) is 13.2 Å². The molecular weight excluding hydrogens is 244 g/mol. The van der Waals surface area contributed by atoms with Crippen molar-refractivity contribution in [1.29, 1.82) is 0 Å². The number of benzene rings is 1. The summed E-state index contributed by atoms with van der Waals surface area (Å²) in [4.78, 5) is 0. The van der Waals surface area contributed by atoms with E-state index in [0.29, 0.717) is 19.6 Å². The summed E-state index contributed by atoms with van der Waals surface area (Å²) in [5, 5.41) is 18.8. The average molecular weight is 268 g/mol. The maximum absolute atomic E-state index is 9.50. The molecule has 1 aliphatic rings. The molecular formula is C15H24O4. The highest BCUT2D eigenvalue weighted by molar-refractivity contribution is 4.99. The summed E-state index contributed by atoms with van der Waals surface area (Å²) in [5.74, 6) is 0. The predicted octanol–water partition coefficient (Wildman–Crippen LogP) is 1.61. The number of aliphatic hydroxyl groups is 2. The molecule has 1 saturated heterocycles. The fourth-order valence-electron chi connectivity index (χ4n) is 1.68. The van der Waals surface area contributed by atoms with E-state index in [1.54, 1.807) is 0 Å². The van der Waals surface area contributed by atoms with Gasteiger partial charge in [-0.1, -0.05) is 36.4 Å². The largest absolute Gasteiger partial charge is 0.390 e. The highest BCUT2D eigenvalue weighted by Crippen LogP contribution is 2.15. The fourth-order valence-corrected chi connectivity index (χ4v) is 1.68. The first-order valence-corrected chi connectivity index (χ1v) is 6.70. The van der Waals surface area contributed by atoms with Gasteiger partial charge in [-0.25, -0.2) is 0 Å². The summed E-state index contributed by atoms with van der Waals surface area (Å²) in [6.45, 7) is 4.68. The standard InChI is InChI=1S/C9H18O4.C6H6/c1-6(2)13-5-8-9(11)7(10)3-4-12-8;1-2-4-6-5-3-1/h6-11H,3-5H2,1-2H3;1-6H. The van der Waals surface area contributed by atoms with Crippen LogP contribution in [0.25, 0.3) is 0 Å². The van der Waals surface area contributed by atoms with Gasteiger partial charge in [-0.05, 0) is 20.3 Å². The summed E-state index contributed by atoms with van der Waals surface area (Å²) >= 11 is 0. The van der Waals surface area contributed by atoms with Crippen LogP contribution in [0, 0.1) is 0 Å². The van der Waals surface area contributed by atoms with Crippen LogP contribution >= 0.6 is 0 Å². The Bertz CT molecular complexity index is 288. The Kier molecular flexibility index (Phi) is 7.67. The Morgan fingerprint density at radius 1 is 1.11 bits per heavy atom. The topological polar surface area (TPSA) is 58.9 Å². The minimum atomic E-state index is -0.813. The fraction of sp³-hybridized carbons (Fsp3) is 0.600. The zero-order chi connectivity index (χ0) is 14.1. The van der Waals surface area contributed by atoms with Gasteiger partial charge in [-0.3, -0.25) is 0 Å². The van der Waals surface area contributed by atoms with Crippen LogP contribution in [0.3, 0.4) is 0 Å². The minimum absolute atomic E-state index is 0.120. The van der Waals surface area contributed by atoms with Gasteiger partial charge in [0.2, 0.25) is 0 Å². The number of hydrogen-bond acceptors (Lipinski definition) is 4. The van der Waals surface area contributed by atoms with Crippen molar-refractivity contribution >= 4 is 0 Å². The molecule has 3 atom stereocenters. The van der Waals surface area contributed by atoms with Gasteiger partial charge in [-0.15, -0.1) is 0 Å². The zero-order valence-corrected chi connectivity index (χ0v) is 11.6. The molecule has 1 heterocycles. The lowest BCUT2D eigenvalue weighted by Gasteiger charge is -2.32. The third-order valence-electron chi connectivity index (χ3n) is 2.78. The van der Waals surface area contributed by atoms with Crippen LogP contribution in [0.2, 0.25) is 0 Å². The van der Waals surface area contributed by atoms with Gasteiger partial charge in [-0.2, -0.15) is 0 Å². The molecule has 1 aliphatic heterocycles. The smallest absolute Gasteiger partial charge is 0.109 e. The number of ether oxygens (including phenoxy) is 2. The van der Waals surface area contributed by atoms with Crippen LogP contribution < -0.4 is 0 Å². The molecule has 2 N–H and O–H groups in total. The molecule has 0 saturated carbocycles. The van der Waals surface area contributed by atoms with Crippen LogP contribution in [0.15, 0.2) is 36.4 Å². The van der Waals surface area contributed by atoms with Gasteiger partial charge in [0.1, 0.15) is 12.2 Å². The SMILES string of the molecule is CC(C)OCC1OCCC(O)C1O.c1ccccc1. The van der Waals surface area contributed by atoms with Crippen LogP contribution in [0.4, 0.5) is 0 Å². The average Bonchev–Trinajstić information content (AvgIpc) is 2.43. The van der Waals surface area contributed by atoms with E-state index in [1.165, 1.54) is 0 Å². The van der Waals surface area contributed by atoms with E-state index >= 15 is 0 Å². The normalized spacial score (nSPS) is 26.7. The van der Waals surface area contributed by atoms with Gasteiger partial charge < -0.3 is 19.7 Å². The molecule has 108 valence electrons. The number of rotatable bonds is 3. The maximum Gasteiger partial charge on any atom is 0.109 e. The molecule has 19 heavy (non-hydrogen) atoms. The van der Waals surface area contributed by atoms with Crippen molar-refractivity contribution < 1.29 is 19.7 Å². The van der Waals surface area contributed by atoms with Crippen LogP contribution in [-0.2, 0) is 9.47 Å². The zero-order valence-electron chi connectivity index (χ0n) is 11.6. The molecule has 0 bridgehead atoms. The van der Waals surface area contributed by atoms with Gasteiger partial charge in [0, 0.05) is 6.61 Å². The minimum Gasteiger partial charge on any atom is -0.390 e. The molecule has 0 aliphatic carbocycles. The monoisotopic (exact) mass is 268 g/mol. The van der Waals surface area contributed by atoms with Crippen molar-refractivity contribution in [3.63, 3.8) is 0 Å². The first-order valence-electron chi connectivity index (χ1n) is 6.70. The Labute approximate surface area is 115 Å². The first kappa shape index (κ1) is 16.1. The summed E-state index contributed by atoms with van der Waals surface area (Å²) < 4.78 is 10.6. The second-order valence-electron chi connectivity index (χ2n) is 4.79. The maximum atomic E-state index is 9.50. The molecule has 0 spiro atoms.